The van der Waals surface area contributed by atoms with Crippen molar-refractivity contribution in [3.63, 3.8) is 0 Å². The lowest BCUT2D eigenvalue weighted by Crippen LogP contribution is -2.43. The van der Waals surface area contributed by atoms with Gasteiger partial charge in [-0.25, -0.2) is 4.57 Å². The van der Waals surface area contributed by atoms with Crippen LogP contribution in [0.1, 0.15) is 37.7 Å². The van der Waals surface area contributed by atoms with Gasteiger partial charge in [-0.2, -0.15) is 0 Å². The summed E-state index contributed by atoms with van der Waals surface area (Å²) >= 11 is 0. The molecule has 1 aromatic carbocycles. The fourth-order valence-electron chi connectivity index (χ4n) is 5.73. The zero-order chi connectivity index (χ0) is 23.1. The lowest BCUT2D eigenvalue weighted by Gasteiger charge is -2.42. The van der Waals surface area contributed by atoms with Crippen molar-refractivity contribution >= 4 is 7.82 Å². The second kappa shape index (κ2) is 8.90. The molecule has 9 heteroatoms. The molecular weight excluding hydrogens is 445 g/mol. The summed E-state index contributed by atoms with van der Waals surface area (Å²) in [5, 5.41) is 0. The van der Waals surface area contributed by atoms with Crippen LogP contribution in [-0.2, 0) is 28.3 Å². The third-order valence-electron chi connectivity index (χ3n) is 7.91. The van der Waals surface area contributed by atoms with E-state index < -0.39 is 7.82 Å². The van der Waals surface area contributed by atoms with Crippen LogP contribution in [0.25, 0.3) is 0 Å². The van der Waals surface area contributed by atoms with Gasteiger partial charge >= 0.3 is 7.82 Å². The molecule has 0 N–H and O–H groups in total. The Labute approximate surface area is 195 Å². The Morgan fingerprint density at radius 1 is 1.03 bits per heavy atom. The maximum atomic E-state index is 13.2. The highest BCUT2D eigenvalue weighted by Gasteiger charge is 2.50. The highest BCUT2D eigenvalue weighted by Crippen LogP contribution is 2.59. The molecule has 33 heavy (non-hydrogen) atoms. The van der Waals surface area contributed by atoms with Gasteiger partial charge in [0.05, 0.1) is 27.4 Å². The molecule has 0 saturated carbocycles. The lowest BCUT2D eigenvalue weighted by molar-refractivity contribution is -0.0735. The SMILES string of the molecule is COc1ccc([C@@]23CCC(OP4(=O)OCC5(CCOCC5)CO4)=C[C@@H]2N(C)CC3)cc1OC. The van der Waals surface area contributed by atoms with Gasteiger partial charge in [0.25, 0.3) is 0 Å². The molecule has 3 fully saturated rings. The molecule has 3 saturated heterocycles. The van der Waals surface area contributed by atoms with Crippen LogP contribution in [0, 0.1) is 5.41 Å². The van der Waals surface area contributed by atoms with Gasteiger partial charge in [0, 0.05) is 36.5 Å². The summed E-state index contributed by atoms with van der Waals surface area (Å²) in [4.78, 5) is 2.33. The van der Waals surface area contributed by atoms with Crippen LogP contribution in [0.2, 0.25) is 0 Å². The molecule has 4 aliphatic rings. The Bertz CT molecular complexity index is 946. The van der Waals surface area contributed by atoms with Crippen molar-refractivity contribution in [2.75, 3.05) is 54.2 Å². The van der Waals surface area contributed by atoms with E-state index in [1.54, 1.807) is 14.2 Å². The Morgan fingerprint density at radius 2 is 1.76 bits per heavy atom. The first-order valence-electron chi connectivity index (χ1n) is 11.7. The molecule has 0 bridgehead atoms. The Kier molecular flexibility index (Phi) is 6.25. The quantitative estimate of drug-likeness (QED) is 0.579. The number of allylic oxidation sites excluding steroid dienone is 1. The van der Waals surface area contributed by atoms with Crippen LogP contribution in [0.4, 0.5) is 0 Å². The minimum absolute atomic E-state index is 0.0594. The van der Waals surface area contributed by atoms with Crippen molar-refractivity contribution in [1.29, 1.82) is 0 Å². The first-order chi connectivity index (χ1) is 15.9. The third-order valence-corrected chi connectivity index (χ3v) is 9.26. The predicted octanol–water partition coefficient (Wildman–Crippen LogP) is 4.29. The Hall–Kier alpha value is -1.57. The molecule has 1 aliphatic carbocycles. The first kappa shape index (κ1) is 23.2. The van der Waals surface area contributed by atoms with Gasteiger partial charge in [-0.05, 0) is 63.0 Å². The third kappa shape index (κ3) is 4.21. The molecular formula is C24H34NO7P. The van der Waals surface area contributed by atoms with Crippen LogP contribution in [0.15, 0.2) is 30.0 Å². The number of benzene rings is 1. The second-order valence-electron chi connectivity index (χ2n) is 9.73. The molecule has 182 valence electrons. The highest BCUT2D eigenvalue weighted by molar-refractivity contribution is 7.48. The van der Waals surface area contributed by atoms with Crippen molar-refractivity contribution in [2.45, 2.75) is 43.6 Å². The van der Waals surface area contributed by atoms with Crippen LogP contribution in [0.5, 0.6) is 11.5 Å². The molecule has 0 radical (unpaired) electrons. The lowest BCUT2D eigenvalue weighted by atomic mass is 9.68. The molecule has 1 spiro atoms. The van der Waals surface area contributed by atoms with Crippen molar-refractivity contribution in [2.24, 2.45) is 5.41 Å². The number of likely N-dealkylation sites (tertiary alicyclic amines) is 1. The predicted molar refractivity (Wildman–Crippen MR) is 123 cm³/mol. The number of methoxy groups -OCH3 is 2. The molecule has 1 aromatic rings. The fraction of sp³-hybridized carbons (Fsp3) is 0.667. The van der Waals surface area contributed by atoms with E-state index in [4.69, 9.17) is 27.8 Å². The van der Waals surface area contributed by atoms with Gasteiger partial charge in [-0.3, -0.25) is 13.9 Å². The largest absolute Gasteiger partial charge is 0.529 e. The van der Waals surface area contributed by atoms with Crippen LogP contribution in [0.3, 0.4) is 0 Å². The monoisotopic (exact) mass is 479 g/mol. The summed E-state index contributed by atoms with van der Waals surface area (Å²) in [6, 6.07) is 6.32. The van der Waals surface area contributed by atoms with E-state index in [2.05, 4.69) is 30.2 Å². The van der Waals surface area contributed by atoms with E-state index in [9.17, 15) is 4.57 Å². The normalized spacial score (nSPS) is 31.0. The maximum absolute atomic E-state index is 13.2. The van der Waals surface area contributed by atoms with Crippen molar-refractivity contribution in [1.82, 2.24) is 4.90 Å². The average Bonchev–Trinajstić information content (AvgIpc) is 3.18. The smallest absolute Gasteiger partial charge is 0.493 e. The molecule has 0 amide bonds. The van der Waals surface area contributed by atoms with E-state index in [0.717, 1.165) is 43.7 Å². The van der Waals surface area contributed by atoms with Crippen LogP contribution in [-0.4, -0.2) is 65.2 Å². The van der Waals surface area contributed by atoms with Gasteiger partial charge in [0.1, 0.15) is 5.76 Å². The topological polar surface area (TPSA) is 75.7 Å². The molecule has 3 heterocycles. The number of ether oxygens (including phenoxy) is 3. The molecule has 0 unspecified atom stereocenters. The van der Waals surface area contributed by atoms with E-state index in [1.165, 1.54) is 5.56 Å². The minimum atomic E-state index is -3.61. The summed E-state index contributed by atoms with van der Waals surface area (Å²) in [7, 11) is 1.82. The van der Waals surface area contributed by atoms with Crippen molar-refractivity contribution in [3.8, 4) is 11.5 Å². The number of hydrogen-bond donors (Lipinski definition) is 0. The van der Waals surface area contributed by atoms with Gasteiger partial charge in [0.2, 0.25) is 0 Å². The zero-order valence-corrected chi connectivity index (χ0v) is 20.6. The highest BCUT2D eigenvalue weighted by atomic mass is 31.2. The number of likely N-dealkylation sites (N-methyl/N-ethyl adjacent to an activating group) is 1. The zero-order valence-electron chi connectivity index (χ0n) is 19.7. The number of phosphoric acid groups is 1. The van der Waals surface area contributed by atoms with E-state index in [0.29, 0.717) is 38.6 Å². The maximum Gasteiger partial charge on any atom is 0.529 e. The van der Waals surface area contributed by atoms with Gasteiger partial charge in [0.15, 0.2) is 11.5 Å². The van der Waals surface area contributed by atoms with Crippen molar-refractivity contribution < 1.29 is 32.3 Å². The van der Waals surface area contributed by atoms with E-state index in [-0.39, 0.29) is 16.9 Å². The van der Waals surface area contributed by atoms with Crippen LogP contribution < -0.4 is 9.47 Å². The number of fused-ring (bicyclic) bond motifs is 1. The fourth-order valence-corrected chi connectivity index (χ4v) is 7.21. The van der Waals surface area contributed by atoms with Crippen LogP contribution >= 0.6 is 7.82 Å². The van der Waals surface area contributed by atoms with Gasteiger partial charge in [-0.1, -0.05) is 6.07 Å². The average molecular weight is 480 g/mol. The minimum Gasteiger partial charge on any atom is -0.493 e. The Morgan fingerprint density at radius 3 is 2.45 bits per heavy atom. The van der Waals surface area contributed by atoms with Crippen molar-refractivity contribution in [3.05, 3.63) is 35.6 Å². The summed E-state index contributed by atoms with van der Waals surface area (Å²) in [5.41, 5.74) is 1.06. The summed E-state index contributed by atoms with van der Waals surface area (Å²) in [5.74, 6) is 2.15. The summed E-state index contributed by atoms with van der Waals surface area (Å²) < 4.78 is 47.1. The number of phosphoric ester groups is 1. The number of nitrogens with zero attached hydrogens (tertiary/aromatic N) is 1. The molecule has 8 nitrogen and oxygen atoms in total. The van der Waals surface area contributed by atoms with E-state index in [1.807, 2.05) is 6.07 Å². The van der Waals surface area contributed by atoms with Gasteiger partial charge in [-0.15, -0.1) is 0 Å². The molecule has 0 aromatic heterocycles. The van der Waals surface area contributed by atoms with Gasteiger partial charge < -0.3 is 18.7 Å². The van der Waals surface area contributed by atoms with E-state index >= 15 is 0 Å². The molecule has 5 rings (SSSR count). The Balaban J connectivity index is 1.34. The molecule has 2 atom stereocenters. The number of hydrogen-bond acceptors (Lipinski definition) is 8. The first-order valence-corrected chi connectivity index (χ1v) is 13.2. The number of rotatable bonds is 5. The summed E-state index contributed by atoms with van der Waals surface area (Å²) in [6.07, 6.45) is 6.41. The second-order valence-corrected chi connectivity index (χ2v) is 11.3. The summed E-state index contributed by atoms with van der Waals surface area (Å²) in [6.45, 7) is 3.13. The standard InChI is InChI=1S/C24H34NO7P/c1-25-11-8-24(18-4-5-20(27-2)21(14-18)28-3)7-6-19(15-22(24)25)32-33(26)30-16-23(17-31-33)9-12-29-13-10-23/h4-5,14-15,22H,6-13,16-17H2,1-3H3/t22-,24-/m0/s1. The molecule has 3 aliphatic heterocycles.